The Kier molecular flexibility index (Phi) is 2.80. The Morgan fingerprint density at radius 3 is 2.46 bits per heavy atom. The highest BCUT2D eigenvalue weighted by atomic mass is 35.5. The molecule has 0 fully saturated rings. The van der Waals surface area contributed by atoms with Gasteiger partial charge in [-0.25, -0.2) is 0 Å². The van der Waals surface area contributed by atoms with Crippen molar-refractivity contribution < 1.29 is 13.2 Å². The minimum Gasteiger partial charge on any atom is -0.293 e. The standard InChI is InChI=1S/C6H7ClF3N3/c1-2-4-11-12-5(7)13(4)3-6(8,9)10/h2-3H2,1H3. The van der Waals surface area contributed by atoms with Crippen molar-refractivity contribution in [3.05, 3.63) is 11.1 Å². The molecule has 0 unspecified atom stereocenters. The first-order valence-electron chi connectivity index (χ1n) is 3.58. The van der Waals surface area contributed by atoms with Crippen molar-refractivity contribution in [3.8, 4) is 0 Å². The summed E-state index contributed by atoms with van der Waals surface area (Å²) in [6.45, 7) is 0.551. The number of alkyl halides is 3. The van der Waals surface area contributed by atoms with Gasteiger partial charge >= 0.3 is 6.18 Å². The number of nitrogens with zero attached hydrogens (tertiary/aromatic N) is 3. The number of rotatable bonds is 2. The first kappa shape index (κ1) is 10.3. The number of aromatic nitrogens is 3. The maximum Gasteiger partial charge on any atom is 0.406 e. The molecule has 0 aliphatic heterocycles. The van der Waals surface area contributed by atoms with Crippen molar-refractivity contribution in [1.29, 1.82) is 0 Å². The first-order chi connectivity index (χ1) is 5.94. The highest BCUT2D eigenvalue weighted by molar-refractivity contribution is 6.28. The van der Waals surface area contributed by atoms with Crippen LogP contribution >= 0.6 is 11.6 Å². The Hall–Kier alpha value is -0.780. The van der Waals surface area contributed by atoms with Crippen LogP contribution in [0.5, 0.6) is 0 Å². The van der Waals surface area contributed by atoms with Gasteiger partial charge in [0.05, 0.1) is 0 Å². The molecule has 0 aliphatic carbocycles. The van der Waals surface area contributed by atoms with Gasteiger partial charge in [0.1, 0.15) is 12.4 Å². The molecule has 74 valence electrons. The van der Waals surface area contributed by atoms with E-state index >= 15 is 0 Å². The zero-order valence-electron chi connectivity index (χ0n) is 6.77. The Balaban J connectivity index is 2.92. The third-order valence-electron chi connectivity index (χ3n) is 1.44. The normalized spacial score (nSPS) is 12.1. The molecule has 3 nitrogen and oxygen atoms in total. The van der Waals surface area contributed by atoms with Crippen LogP contribution < -0.4 is 0 Å². The zero-order valence-corrected chi connectivity index (χ0v) is 7.52. The molecular formula is C6H7ClF3N3. The summed E-state index contributed by atoms with van der Waals surface area (Å²) in [5.74, 6) is 0.238. The van der Waals surface area contributed by atoms with E-state index in [0.29, 0.717) is 6.42 Å². The van der Waals surface area contributed by atoms with E-state index in [1.54, 1.807) is 6.92 Å². The van der Waals surface area contributed by atoms with E-state index in [1.807, 2.05) is 0 Å². The lowest BCUT2D eigenvalue weighted by molar-refractivity contribution is -0.141. The lowest BCUT2D eigenvalue weighted by Crippen LogP contribution is -2.19. The Labute approximate surface area is 77.5 Å². The molecule has 0 amide bonds. The molecule has 0 aromatic carbocycles. The molecule has 1 aromatic heterocycles. The van der Waals surface area contributed by atoms with E-state index in [2.05, 4.69) is 10.2 Å². The minimum atomic E-state index is -4.30. The highest BCUT2D eigenvalue weighted by Crippen LogP contribution is 2.20. The van der Waals surface area contributed by atoms with E-state index in [9.17, 15) is 13.2 Å². The molecule has 13 heavy (non-hydrogen) atoms. The van der Waals surface area contributed by atoms with Gasteiger partial charge in [0.2, 0.25) is 5.28 Å². The molecule has 1 aromatic rings. The van der Waals surface area contributed by atoms with Crippen molar-refractivity contribution in [2.24, 2.45) is 0 Å². The van der Waals surface area contributed by atoms with Crippen LogP contribution in [0.1, 0.15) is 12.7 Å². The molecule has 0 spiro atoms. The van der Waals surface area contributed by atoms with Gasteiger partial charge < -0.3 is 0 Å². The highest BCUT2D eigenvalue weighted by Gasteiger charge is 2.30. The van der Waals surface area contributed by atoms with E-state index in [-0.39, 0.29) is 11.1 Å². The quantitative estimate of drug-likeness (QED) is 0.753. The number of hydrogen-bond donors (Lipinski definition) is 0. The molecule has 0 aliphatic rings. The molecule has 0 N–H and O–H groups in total. The van der Waals surface area contributed by atoms with Crippen molar-refractivity contribution in [3.63, 3.8) is 0 Å². The Bertz CT molecular complexity index is 294. The predicted molar refractivity (Wildman–Crippen MR) is 40.5 cm³/mol. The fourth-order valence-corrected chi connectivity index (χ4v) is 1.11. The molecule has 0 atom stereocenters. The van der Waals surface area contributed by atoms with Crippen molar-refractivity contribution in [1.82, 2.24) is 14.8 Å². The number of halogens is 4. The summed E-state index contributed by atoms with van der Waals surface area (Å²) in [7, 11) is 0. The summed E-state index contributed by atoms with van der Waals surface area (Å²) >= 11 is 5.42. The fourth-order valence-electron chi connectivity index (χ4n) is 0.911. The second-order valence-electron chi connectivity index (χ2n) is 2.44. The average molecular weight is 214 g/mol. The van der Waals surface area contributed by atoms with Gasteiger partial charge in [-0.3, -0.25) is 4.57 Å². The van der Waals surface area contributed by atoms with Gasteiger partial charge in [-0.2, -0.15) is 13.2 Å². The summed E-state index contributed by atoms with van der Waals surface area (Å²) in [6.07, 6.45) is -3.92. The summed E-state index contributed by atoms with van der Waals surface area (Å²) in [6, 6.07) is 0. The van der Waals surface area contributed by atoms with Gasteiger partial charge in [-0.05, 0) is 11.6 Å². The molecule has 0 radical (unpaired) electrons. The van der Waals surface area contributed by atoms with E-state index in [4.69, 9.17) is 11.6 Å². The van der Waals surface area contributed by atoms with Crippen LogP contribution in [0.3, 0.4) is 0 Å². The fraction of sp³-hybridized carbons (Fsp3) is 0.667. The van der Waals surface area contributed by atoms with Gasteiger partial charge in [0.15, 0.2) is 0 Å². The molecule has 0 bridgehead atoms. The van der Waals surface area contributed by atoms with Crippen LogP contribution in [0.15, 0.2) is 0 Å². The van der Waals surface area contributed by atoms with Gasteiger partial charge in [-0.15, -0.1) is 10.2 Å². The zero-order chi connectivity index (χ0) is 10.1. The van der Waals surface area contributed by atoms with Gasteiger partial charge in [-0.1, -0.05) is 6.92 Å². The maximum absolute atomic E-state index is 12.0. The summed E-state index contributed by atoms with van der Waals surface area (Å²) < 4.78 is 36.8. The van der Waals surface area contributed by atoms with E-state index in [1.165, 1.54) is 0 Å². The molecule has 0 saturated carbocycles. The van der Waals surface area contributed by atoms with Crippen LogP contribution in [0, 0.1) is 0 Å². The summed E-state index contributed by atoms with van der Waals surface area (Å²) in [5, 5.41) is 6.62. The lowest BCUT2D eigenvalue weighted by atomic mass is 10.4. The largest absolute Gasteiger partial charge is 0.406 e. The van der Waals surface area contributed by atoms with Crippen LogP contribution in [0.25, 0.3) is 0 Å². The predicted octanol–water partition coefficient (Wildman–Crippen LogP) is 2.06. The second-order valence-corrected chi connectivity index (χ2v) is 2.78. The maximum atomic E-state index is 12.0. The van der Waals surface area contributed by atoms with Crippen molar-refractivity contribution in [2.75, 3.05) is 0 Å². The summed E-state index contributed by atoms with van der Waals surface area (Å²) in [5.41, 5.74) is 0. The monoisotopic (exact) mass is 213 g/mol. The Morgan fingerprint density at radius 1 is 1.38 bits per heavy atom. The lowest BCUT2D eigenvalue weighted by Gasteiger charge is -2.09. The first-order valence-corrected chi connectivity index (χ1v) is 3.96. The number of aryl methyl sites for hydroxylation is 1. The third kappa shape index (κ3) is 2.58. The molecule has 1 heterocycles. The van der Waals surface area contributed by atoms with Crippen LogP contribution in [-0.2, 0) is 13.0 Å². The molecule has 7 heteroatoms. The van der Waals surface area contributed by atoms with E-state index < -0.39 is 12.7 Å². The SMILES string of the molecule is CCc1nnc(Cl)n1CC(F)(F)F. The van der Waals surface area contributed by atoms with Gasteiger partial charge in [0.25, 0.3) is 0 Å². The third-order valence-corrected chi connectivity index (χ3v) is 1.72. The molecule has 0 saturated heterocycles. The van der Waals surface area contributed by atoms with E-state index in [0.717, 1.165) is 4.57 Å². The van der Waals surface area contributed by atoms with Crippen LogP contribution in [0.4, 0.5) is 13.2 Å². The van der Waals surface area contributed by atoms with Crippen molar-refractivity contribution >= 4 is 11.6 Å². The topological polar surface area (TPSA) is 30.7 Å². The smallest absolute Gasteiger partial charge is 0.293 e. The second kappa shape index (κ2) is 3.53. The Morgan fingerprint density at radius 2 is 2.00 bits per heavy atom. The molecular weight excluding hydrogens is 207 g/mol. The van der Waals surface area contributed by atoms with Crippen molar-refractivity contribution in [2.45, 2.75) is 26.1 Å². The summed E-state index contributed by atoms with van der Waals surface area (Å²) in [4.78, 5) is 0. The number of hydrogen-bond acceptors (Lipinski definition) is 2. The molecule has 1 rings (SSSR count). The minimum absolute atomic E-state index is 0.228. The average Bonchev–Trinajstić information content (AvgIpc) is 2.30. The van der Waals surface area contributed by atoms with Crippen LogP contribution in [-0.4, -0.2) is 20.9 Å². The van der Waals surface area contributed by atoms with Gasteiger partial charge in [0, 0.05) is 6.42 Å². The van der Waals surface area contributed by atoms with Crippen LogP contribution in [0.2, 0.25) is 5.28 Å².